The Kier molecular flexibility index (Phi) is 6.39. The van der Waals surface area contributed by atoms with Gasteiger partial charge < -0.3 is 4.42 Å². The van der Waals surface area contributed by atoms with Crippen LogP contribution in [0.25, 0.3) is 89.4 Å². The van der Waals surface area contributed by atoms with Gasteiger partial charge in [-0.05, 0) is 63.7 Å². The highest BCUT2D eigenvalue weighted by Crippen LogP contribution is 2.38. The maximum atomic E-state index is 6.30. The van der Waals surface area contributed by atoms with Crippen LogP contribution in [0, 0.1) is 0 Å². The van der Waals surface area contributed by atoms with Gasteiger partial charge in [0.2, 0.25) is 5.89 Å². The van der Waals surface area contributed by atoms with Crippen molar-refractivity contribution in [2.75, 3.05) is 0 Å². The molecule has 0 aliphatic rings. The number of oxazole rings is 1. The Balaban J connectivity index is 1.18. The van der Waals surface area contributed by atoms with E-state index in [1.165, 1.54) is 0 Å². The molecule has 220 valence electrons. The van der Waals surface area contributed by atoms with Gasteiger partial charge in [0.1, 0.15) is 5.52 Å². The topological polar surface area (TPSA) is 64.7 Å². The minimum atomic E-state index is 0.628. The number of hydrogen-bond acceptors (Lipinski definition) is 5. The molecule has 5 nitrogen and oxygen atoms in total. The third-order valence-corrected chi connectivity index (χ3v) is 8.57. The maximum Gasteiger partial charge on any atom is 0.227 e. The van der Waals surface area contributed by atoms with Crippen molar-refractivity contribution >= 4 is 32.6 Å². The number of hydrogen-bond donors (Lipinski definition) is 0. The molecule has 0 saturated carbocycles. The molecule has 0 aliphatic carbocycles. The van der Waals surface area contributed by atoms with E-state index in [1.807, 2.05) is 97.1 Å². The van der Waals surface area contributed by atoms with Gasteiger partial charge in [0.15, 0.2) is 23.1 Å². The summed E-state index contributed by atoms with van der Waals surface area (Å²) in [5, 5.41) is 4.33. The molecule has 2 heterocycles. The van der Waals surface area contributed by atoms with E-state index in [2.05, 4.69) is 60.7 Å². The fourth-order valence-corrected chi connectivity index (χ4v) is 6.26. The molecule has 0 amide bonds. The van der Waals surface area contributed by atoms with Crippen molar-refractivity contribution in [3.8, 4) is 56.7 Å². The molecule has 0 aliphatic heterocycles. The van der Waals surface area contributed by atoms with Crippen LogP contribution in [-0.4, -0.2) is 19.9 Å². The highest BCUT2D eigenvalue weighted by molar-refractivity contribution is 6.08. The Morgan fingerprint density at radius 3 is 1.57 bits per heavy atom. The lowest BCUT2D eigenvalue weighted by Gasteiger charge is -2.13. The van der Waals surface area contributed by atoms with Crippen LogP contribution in [0.3, 0.4) is 0 Å². The van der Waals surface area contributed by atoms with E-state index >= 15 is 0 Å². The van der Waals surface area contributed by atoms with Crippen molar-refractivity contribution in [1.29, 1.82) is 0 Å². The van der Waals surface area contributed by atoms with Gasteiger partial charge in [-0.2, -0.15) is 0 Å². The fourth-order valence-electron chi connectivity index (χ4n) is 6.26. The van der Waals surface area contributed by atoms with Crippen LogP contribution < -0.4 is 0 Å². The second-order valence-corrected chi connectivity index (χ2v) is 11.5. The first-order chi connectivity index (χ1) is 23.3. The quantitative estimate of drug-likeness (QED) is 0.196. The first-order valence-corrected chi connectivity index (χ1v) is 15.6. The highest BCUT2D eigenvalue weighted by Gasteiger charge is 2.17. The van der Waals surface area contributed by atoms with Gasteiger partial charge in [0.25, 0.3) is 0 Å². The summed E-state index contributed by atoms with van der Waals surface area (Å²) in [5.74, 6) is 2.56. The van der Waals surface area contributed by atoms with Crippen molar-refractivity contribution in [3.05, 3.63) is 158 Å². The molecule has 5 heteroatoms. The molecule has 0 bridgehead atoms. The second kappa shape index (κ2) is 11.2. The molecule has 0 spiro atoms. The lowest BCUT2D eigenvalue weighted by molar-refractivity contribution is 0.623. The highest BCUT2D eigenvalue weighted by atomic mass is 16.3. The molecular weight excluding hydrogens is 576 g/mol. The molecule has 0 unspecified atom stereocenters. The minimum absolute atomic E-state index is 0.628. The molecule has 9 aromatic rings. The summed E-state index contributed by atoms with van der Waals surface area (Å²) in [4.78, 5) is 19.7. The zero-order valence-electron chi connectivity index (χ0n) is 25.2. The minimum Gasteiger partial charge on any atom is -0.435 e. The zero-order chi connectivity index (χ0) is 31.2. The Bertz CT molecular complexity index is 2500. The normalized spacial score (nSPS) is 11.4. The van der Waals surface area contributed by atoms with Gasteiger partial charge >= 0.3 is 0 Å². The summed E-state index contributed by atoms with van der Waals surface area (Å²) < 4.78 is 6.30. The van der Waals surface area contributed by atoms with Crippen molar-refractivity contribution in [2.45, 2.75) is 0 Å². The van der Waals surface area contributed by atoms with Gasteiger partial charge in [0, 0.05) is 27.6 Å². The SMILES string of the molecule is c1ccc(-c2nc(-c3ccccc3)nc(-c3ccc(-c4ccc5c(ccc6nc(-c7ccccc7)oc65)c4)c4ccccc34)n2)cc1. The van der Waals surface area contributed by atoms with E-state index in [1.54, 1.807) is 0 Å². The van der Waals surface area contributed by atoms with Crippen LogP contribution in [0.4, 0.5) is 0 Å². The van der Waals surface area contributed by atoms with E-state index in [-0.39, 0.29) is 0 Å². The Morgan fingerprint density at radius 1 is 0.362 bits per heavy atom. The van der Waals surface area contributed by atoms with E-state index in [9.17, 15) is 0 Å². The fraction of sp³-hybridized carbons (Fsp3) is 0. The first-order valence-electron chi connectivity index (χ1n) is 15.6. The largest absolute Gasteiger partial charge is 0.435 e. The first kappa shape index (κ1) is 26.9. The van der Waals surface area contributed by atoms with E-state index < -0.39 is 0 Å². The Labute approximate surface area is 270 Å². The monoisotopic (exact) mass is 602 g/mol. The van der Waals surface area contributed by atoms with Crippen LogP contribution in [0.15, 0.2) is 162 Å². The van der Waals surface area contributed by atoms with Crippen LogP contribution in [0.1, 0.15) is 0 Å². The molecule has 2 aromatic heterocycles. The van der Waals surface area contributed by atoms with Crippen molar-refractivity contribution < 1.29 is 4.42 Å². The summed E-state index contributed by atoms with van der Waals surface area (Å²) in [6.07, 6.45) is 0. The van der Waals surface area contributed by atoms with Crippen molar-refractivity contribution in [2.24, 2.45) is 0 Å². The van der Waals surface area contributed by atoms with Gasteiger partial charge in [-0.25, -0.2) is 19.9 Å². The Hall–Kier alpha value is -6.46. The predicted molar refractivity (Wildman–Crippen MR) is 190 cm³/mol. The third kappa shape index (κ3) is 4.82. The lowest BCUT2D eigenvalue weighted by Crippen LogP contribution is -2.00. The van der Waals surface area contributed by atoms with Gasteiger partial charge in [-0.3, -0.25) is 0 Å². The number of aromatic nitrogens is 4. The summed E-state index contributed by atoms with van der Waals surface area (Å²) >= 11 is 0. The standard InChI is InChI=1S/C42H26N4O/c1-4-12-27(13-5-1)39-44-40(28-14-6-2-7-15-28)46-41(45-39)36-24-23-32(34-18-10-11-19-35(34)36)30-20-22-33-31(26-30)21-25-37-38(33)47-42(43-37)29-16-8-3-9-17-29/h1-26H. The summed E-state index contributed by atoms with van der Waals surface area (Å²) in [7, 11) is 0. The average molecular weight is 603 g/mol. The van der Waals surface area contributed by atoms with Gasteiger partial charge in [-0.15, -0.1) is 0 Å². The summed E-state index contributed by atoms with van der Waals surface area (Å²) in [6.45, 7) is 0. The van der Waals surface area contributed by atoms with E-state index in [0.29, 0.717) is 23.4 Å². The molecule has 7 aromatic carbocycles. The number of fused-ring (bicyclic) bond motifs is 4. The Morgan fingerprint density at radius 2 is 0.915 bits per heavy atom. The smallest absolute Gasteiger partial charge is 0.227 e. The van der Waals surface area contributed by atoms with Crippen molar-refractivity contribution in [3.63, 3.8) is 0 Å². The van der Waals surface area contributed by atoms with E-state index in [4.69, 9.17) is 24.4 Å². The van der Waals surface area contributed by atoms with E-state index in [0.717, 1.165) is 66.0 Å². The zero-order valence-corrected chi connectivity index (χ0v) is 25.2. The van der Waals surface area contributed by atoms with Crippen LogP contribution >= 0.6 is 0 Å². The third-order valence-electron chi connectivity index (χ3n) is 8.57. The maximum absolute atomic E-state index is 6.30. The molecule has 9 rings (SSSR count). The molecule has 0 radical (unpaired) electrons. The molecule has 47 heavy (non-hydrogen) atoms. The van der Waals surface area contributed by atoms with Crippen LogP contribution in [0.5, 0.6) is 0 Å². The summed E-state index contributed by atoms with van der Waals surface area (Å²) in [5.41, 5.74) is 7.71. The molecule has 0 fully saturated rings. The molecule has 0 N–H and O–H groups in total. The second-order valence-electron chi connectivity index (χ2n) is 11.5. The van der Waals surface area contributed by atoms with Crippen molar-refractivity contribution in [1.82, 2.24) is 19.9 Å². The summed E-state index contributed by atoms with van der Waals surface area (Å²) in [6, 6.07) is 53.6. The average Bonchev–Trinajstić information content (AvgIpc) is 3.60. The molecule has 0 saturated heterocycles. The molecule has 0 atom stereocenters. The van der Waals surface area contributed by atoms with Crippen LogP contribution in [0.2, 0.25) is 0 Å². The van der Waals surface area contributed by atoms with Crippen LogP contribution in [-0.2, 0) is 0 Å². The number of nitrogens with zero attached hydrogens (tertiary/aromatic N) is 4. The van der Waals surface area contributed by atoms with Gasteiger partial charge in [0.05, 0.1) is 0 Å². The number of benzene rings is 7. The van der Waals surface area contributed by atoms with Gasteiger partial charge in [-0.1, -0.05) is 121 Å². The molecular formula is C42H26N4O. The lowest BCUT2D eigenvalue weighted by atomic mass is 9.93. The number of rotatable bonds is 5. The predicted octanol–water partition coefficient (Wildman–Crippen LogP) is 10.7.